The van der Waals surface area contributed by atoms with Gasteiger partial charge < -0.3 is 4.98 Å². The van der Waals surface area contributed by atoms with Crippen molar-refractivity contribution in [1.82, 2.24) is 14.7 Å². The Hall–Kier alpha value is -2.29. The van der Waals surface area contributed by atoms with Gasteiger partial charge in [-0.1, -0.05) is 12.1 Å². The maximum absolute atomic E-state index is 14.6. The average molecular weight is 384 g/mol. The van der Waals surface area contributed by atoms with Crippen LogP contribution in [0, 0.1) is 5.82 Å². The fourth-order valence-electron chi connectivity index (χ4n) is 2.55. The van der Waals surface area contributed by atoms with E-state index in [1.54, 1.807) is 31.2 Å². The first-order valence-corrected chi connectivity index (χ1v) is 8.32. The second-order valence-electron chi connectivity index (χ2n) is 5.29. The van der Waals surface area contributed by atoms with Crippen LogP contribution in [0.3, 0.4) is 0 Å². The van der Waals surface area contributed by atoms with Crippen LogP contribution in [0.15, 0.2) is 47.4 Å². The van der Waals surface area contributed by atoms with Gasteiger partial charge in [-0.2, -0.15) is 0 Å². The largest absolute Gasteiger partial charge is 0.307 e. The molecule has 2 aromatic heterocycles. The lowest BCUT2D eigenvalue weighted by atomic mass is 9.99. The maximum Gasteiger partial charge on any atom is 0.249 e. The number of hydrogen-bond acceptors (Lipinski definition) is 4. The molecule has 0 radical (unpaired) electrons. The van der Waals surface area contributed by atoms with Gasteiger partial charge in [-0.15, -0.1) is 12.4 Å². The number of H-pyrrole nitrogens is 1. The number of rotatable bonds is 4. The molecule has 0 fully saturated rings. The Kier molecular flexibility index (Phi) is 5.89. The summed E-state index contributed by atoms with van der Waals surface area (Å²) < 4.78 is 38.3. The van der Waals surface area contributed by atoms with Gasteiger partial charge in [0.05, 0.1) is 0 Å². The Labute approximate surface area is 150 Å². The average Bonchev–Trinajstić information content (AvgIpc) is 2.53. The van der Waals surface area contributed by atoms with Crippen LogP contribution in [0.4, 0.5) is 4.39 Å². The van der Waals surface area contributed by atoms with E-state index >= 15 is 0 Å². The number of hydrogen-bond donors (Lipinski definition) is 3. The maximum atomic E-state index is 14.6. The summed E-state index contributed by atoms with van der Waals surface area (Å²) in [5, 5.41) is 0.623. The van der Waals surface area contributed by atoms with Crippen molar-refractivity contribution in [3.63, 3.8) is 0 Å². The van der Waals surface area contributed by atoms with E-state index < -0.39 is 22.7 Å². The van der Waals surface area contributed by atoms with Crippen LogP contribution in [0.25, 0.3) is 22.2 Å². The van der Waals surface area contributed by atoms with E-state index in [9.17, 15) is 17.6 Å². The van der Waals surface area contributed by atoms with Crippen LogP contribution in [-0.2, 0) is 10.9 Å². The minimum absolute atomic E-state index is 0. The predicted molar refractivity (Wildman–Crippen MR) is 96.9 cm³/mol. The van der Waals surface area contributed by atoms with Crippen LogP contribution < -0.4 is 10.3 Å². The molecule has 2 N–H and O–H groups in total. The molecule has 0 saturated carbocycles. The summed E-state index contributed by atoms with van der Waals surface area (Å²) in [7, 11) is -2.77. The molecule has 0 aliphatic rings. The lowest BCUT2D eigenvalue weighted by molar-refractivity contribution is 0.584. The number of nitrogens with zero attached hydrogens (tertiary/aromatic N) is 1. The fraction of sp³-hybridized carbons (Fsp3) is 0.125. The number of halogens is 2. The highest BCUT2D eigenvalue weighted by Gasteiger charge is 2.13. The third-order valence-electron chi connectivity index (χ3n) is 3.72. The lowest BCUT2D eigenvalue weighted by Crippen LogP contribution is -2.16. The molecule has 0 spiro atoms. The van der Waals surface area contributed by atoms with E-state index in [0.717, 1.165) is 0 Å². The molecule has 0 saturated heterocycles. The van der Waals surface area contributed by atoms with Gasteiger partial charge >= 0.3 is 0 Å². The van der Waals surface area contributed by atoms with Gasteiger partial charge in [-0.3, -0.25) is 4.79 Å². The summed E-state index contributed by atoms with van der Waals surface area (Å²) in [6.07, 6.45) is 1.49. The van der Waals surface area contributed by atoms with E-state index in [1.807, 2.05) is 0 Å². The number of aromatic nitrogens is 2. The first-order chi connectivity index (χ1) is 11.5. The summed E-state index contributed by atoms with van der Waals surface area (Å²) >= 11 is 0. The van der Waals surface area contributed by atoms with Gasteiger partial charge in [0.15, 0.2) is 0 Å². The molecule has 132 valence electrons. The van der Waals surface area contributed by atoms with Crippen LogP contribution in [0.1, 0.15) is 18.5 Å². The number of pyridine rings is 2. The first kappa shape index (κ1) is 19.0. The van der Waals surface area contributed by atoms with Crippen molar-refractivity contribution in [1.29, 1.82) is 0 Å². The van der Waals surface area contributed by atoms with E-state index in [4.69, 9.17) is 0 Å². The number of thiol groups is 1. The summed E-state index contributed by atoms with van der Waals surface area (Å²) in [5.41, 5.74) is 1.55. The monoisotopic (exact) mass is 383 g/mol. The number of nitrogens with one attached hydrogen (secondary N) is 2. The van der Waals surface area contributed by atoms with Crippen LogP contribution in [0.2, 0.25) is 0 Å². The van der Waals surface area contributed by atoms with E-state index in [1.165, 1.54) is 18.3 Å². The van der Waals surface area contributed by atoms with Gasteiger partial charge in [-0.25, -0.2) is 22.5 Å². The van der Waals surface area contributed by atoms with Gasteiger partial charge in [-0.05, 0) is 36.2 Å². The molecule has 3 rings (SSSR count). The Morgan fingerprint density at radius 2 is 1.92 bits per heavy atom. The molecule has 1 atom stereocenters. The Morgan fingerprint density at radius 1 is 1.16 bits per heavy atom. The standard InChI is InChI=1S/C16H14FN3O3S.ClH/c1-9(20-24(22)23)10-2-3-12(14(17)8-10)11-6-7-18-16-13(11)4-5-15(21)19-16;/h2-9,24H,1H3,(H,18,19,21)(H,20,22,23);1H. The molecule has 1 unspecified atom stereocenters. The predicted octanol–water partition coefficient (Wildman–Crippen LogP) is 2.33. The number of aromatic amines is 1. The summed E-state index contributed by atoms with van der Waals surface area (Å²) in [6, 6.07) is 8.62. The normalized spacial score (nSPS) is 12.1. The number of benzene rings is 1. The highest BCUT2D eigenvalue weighted by Crippen LogP contribution is 2.29. The van der Waals surface area contributed by atoms with E-state index in [0.29, 0.717) is 27.7 Å². The van der Waals surface area contributed by atoms with Crippen molar-refractivity contribution in [2.75, 3.05) is 0 Å². The van der Waals surface area contributed by atoms with Gasteiger partial charge in [0.25, 0.3) is 0 Å². The third kappa shape index (κ3) is 4.04. The fourth-order valence-corrected chi connectivity index (χ4v) is 3.01. The molecular weight excluding hydrogens is 369 g/mol. The highest BCUT2D eigenvalue weighted by molar-refractivity contribution is 7.70. The van der Waals surface area contributed by atoms with Crippen LogP contribution >= 0.6 is 12.4 Å². The molecule has 9 heteroatoms. The van der Waals surface area contributed by atoms with E-state index in [2.05, 4.69) is 14.7 Å². The second-order valence-corrected chi connectivity index (χ2v) is 6.06. The van der Waals surface area contributed by atoms with Crippen molar-refractivity contribution in [2.45, 2.75) is 13.0 Å². The third-order valence-corrected chi connectivity index (χ3v) is 4.31. The first-order valence-electron chi connectivity index (χ1n) is 7.14. The zero-order valence-electron chi connectivity index (χ0n) is 13.0. The van der Waals surface area contributed by atoms with Crippen LogP contribution in [-0.4, -0.2) is 18.4 Å². The molecule has 0 aliphatic heterocycles. The molecule has 0 amide bonds. The van der Waals surface area contributed by atoms with Crippen molar-refractivity contribution in [3.8, 4) is 11.1 Å². The zero-order chi connectivity index (χ0) is 17.3. The molecular formula is C16H15ClFN3O3S. The summed E-state index contributed by atoms with van der Waals surface area (Å²) in [4.78, 5) is 18.1. The van der Waals surface area contributed by atoms with Gasteiger partial charge in [0.2, 0.25) is 16.4 Å². The Morgan fingerprint density at radius 3 is 2.60 bits per heavy atom. The van der Waals surface area contributed by atoms with Crippen molar-refractivity contribution in [3.05, 3.63) is 64.3 Å². The topological polar surface area (TPSA) is 91.9 Å². The zero-order valence-corrected chi connectivity index (χ0v) is 14.7. The van der Waals surface area contributed by atoms with Crippen LogP contribution in [0.5, 0.6) is 0 Å². The Balaban J connectivity index is 0.00000225. The SMILES string of the molecule is CC(N[SH](=O)=O)c1ccc(-c2ccnc3[nH]c(=O)ccc23)c(F)c1.Cl. The minimum Gasteiger partial charge on any atom is -0.307 e. The molecule has 3 aromatic rings. The minimum atomic E-state index is -2.77. The summed E-state index contributed by atoms with van der Waals surface area (Å²) in [6.45, 7) is 1.63. The Bertz CT molecular complexity index is 1040. The summed E-state index contributed by atoms with van der Waals surface area (Å²) in [5.74, 6) is -0.485. The molecule has 25 heavy (non-hydrogen) atoms. The van der Waals surface area contributed by atoms with Crippen molar-refractivity contribution >= 4 is 34.3 Å². The van der Waals surface area contributed by atoms with Gasteiger partial charge in [0, 0.05) is 29.3 Å². The van der Waals surface area contributed by atoms with Crippen molar-refractivity contribution < 1.29 is 12.8 Å². The lowest BCUT2D eigenvalue weighted by Gasteiger charge is -2.12. The molecule has 6 nitrogen and oxygen atoms in total. The highest BCUT2D eigenvalue weighted by atomic mass is 35.5. The van der Waals surface area contributed by atoms with E-state index in [-0.39, 0.29) is 18.0 Å². The molecule has 0 aliphatic carbocycles. The molecule has 0 bridgehead atoms. The molecule has 2 heterocycles. The smallest absolute Gasteiger partial charge is 0.249 e. The quantitative estimate of drug-likeness (QED) is 0.603. The van der Waals surface area contributed by atoms with Crippen molar-refractivity contribution in [2.24, 2.45) is 0 Å². The van der Waals surface area contributed by atoms with Gasteiger partial charge in [0.1, 0.15) is 11.5 Å². The number of fused-ring (bicyclic) bond motifs is 1. The second kappa shape index (κ2) is 7.73. The molecule has 1 aromatic carbocycles.